The second kappa shape index (κ2) is 7.24. The van der Waals surface area contributed by atoms with Gasteiger partial charge in [0.15, 0.2) is 0 Å². The average molecular weight is 200 g/mol. The van der Waals surface area contributed by atoms with Crippen LogP contribution in [0.25, 0.3) is 0 Å². The molecule has 0 amide bonds. The maximum Gasteiger partial charge on any atom is 0.00705 e. The molecule has 14 heavy (non-hydrogen) atoms. The standard InChI is InChI=1S/C8H16N2.2C2H6/c1-9-7-2-3-8(4-7)5-10-6-8;2*1-2/h7,9-10H,2-6H2,1H3;2*1-2H3. The van der Waals surface area contributed by atoms with Gasteiger partial charge in [0.25, 0.3) is 0 Å². The minimum absolute atomic E-state index is 0.716. The first-order valence-corrected chi connectivity index (χ1v) is 6.23. The predicted octanol–water partition coefficient (Wildman–Crippen LogP) is 2.40. The van der Waals surface area contributed by atoms with Crippen LogP contribution in [0.2, 0.25) is 0 Å². The second-order valence-corrected chi connectivity index (χ2v) is 3.83. The van der Waals surface area contributed by atoms with Crippen molar-refractivity contribution in [2.45, 2.75) is 53.0 Å². The molecule has 0 bridgehead atoms. The quantitative estimate of drug-likeness (QED) is 0.679. The molecule has 0 aromatic carbocycles. The summed E-state index contributed by atoms with van der Waals surface area (Å²) in [6, 6.07) is 0.807. The Bertz CT molecular complexity index is 130. The van der Waals surface area contributed by atoms with Crippen LogP contribution in [-0.2, 0) is 0 Å². The van der Waals surface area contributed by atoms with E-state index in [1.54, 1.807) is 0 Å². The number of nitrogens with one attached hydrogen (secondary N) is 2. The first-order chi connectivity index (χ1) is 6.85. The van der Waals surface area contributed by atoms with Crippen LogP contribution >= 0.6 is 0 Å². The Kier molecular flexibility index (Phi) is 7.20. The topological polar surface area (TPSA) is 24.1 Å². The minimum Gasteiger partial charge on any atom is -0.317 e. The largest absolute Gasteiger partial charge is 0.317 e. The lowest BCUT2D eigenvalue weighted by atomic mass is 9.80. The Morgan fingerprint density at radius 3 is 1.93 bits per heavy atom. The highest BCUT2D eigenvalue weighted by Gasteiger charge is 2.42. The molecule has 1 saturated carbocycles. The molecule has 1 unspecified atom stereocenters. The molecule has 1 heterocycles. The fraction of sp³-hybridized carbons (Fsp3) is 1.00. The van der Waals surface area contributed by atoms with E-state index in [2.05, 4.69) is 17.7 Å². The molecule has 0 radical (unpaired) electrons. The third-order valence-corrected chi connectivity index (χ3v) is 3.11. The number of hydrogen-bond donors (Lipinski definition) is 2. The van der Waals surface area contributed by atoms with E-state index in [1.165, 1.54) is 32.4 Å². The third kappa shape index (κ3) is 3.25. The van der Waals surface area contributed by atoms with Crippen molar-refractivity contribution in [3.63, 3.8) is 0 Å². The predicted molar refractivity (Wildman–Crippen MR) is 64.7 cm³/mol. The summed E-state index contributed by atoms with van der Waals surface area (Å²) in [7, 11) is 2.08. The van der Waals surface area contributed by atoms with E-state index in [-0.39, 0.29) is 0 Å². The highest BCUT2D eigenvalue weighted by atomic mass is 15.0. The molecule has 86 valence electrons. The van der Waals surface area contributed by atoms with E-state index in [4.69, 9.17) is 0 Å². The van der Waals surface area contributed by atoms with Crippen LogP contribution in [0.4, 0.5) is 0 Å². The van der Waals surface area contributed by atoms with Crippen LogP contribution in [0.5, 0.6) is 0 Å². The lowest BCUT2D eigenvalue weighted by molar-refractivity contribution is 0.173. The summed E-state index contributed by atoms with van der Waals surface area (Å²) in [6.07, 6.45) is 4.22. The van der Waals surface area contributed by atoms with Gasteiger partial charge in [-0.25, -0.2) is 0 Å². The first-order valence-electron chi connectivity index (χ1n) is 6.23. The molecule has 2 fully saturated rings. The van der Waals surface area contributed by atoms with Crippen molar-refractivity contribution in [2.75, 3.05) is 20.1 Å². The van der Waals surface area contributed by atoms with Crippen LogP contribution < -0.4 is 10.6 Å². The fourth-order valence-electron chi connectivity index (χ4n) is 2.25. The fourth-order valence-corrected chi connectivity index (χ4v) is 2.25. The normalized spacial score (nSPS) is 26.8. The summed E-state index contributed by atoms with van der Waals surface area (Å²) < 4.78 is 0. The molecule has 2 heteroatoms. The van der Waals surface area contributed by atoms with Gasteiger partial charge in [0.1, 0.15) is 0 Å². The summed E-state index contributed by atoms with van der Waals surface area (Å²) in [5.41, 5.74) is 0.716. The summed E-state index contributed by atoms with van der Waals surface area (Å²) in [5.74, 6) is 0. The molecule has 1 saturated heterocycles. The monoisotopic (exact) mass is 200 g/mol. The maximum atomic E-state index is 3.36. The van der Waals surface area contributed by atoms with Crippen molar-refractivity contribution in [3.8, 4) is 0 Å². The van der Waals surface area contributed by atoms with Crippen LogP contribution in [-0.4, -0.2) is 26.2 Å². The maximum absolute atomic E-state index is 3.36. The zero-order valence-electron chi connectivity index (χ0n) is 10.6. The third-order valence-electron chi connectivity index (χ3n) is 3.11. The van der Waals surface area contributed by atoms with Gasteiger partial charge in [-0.05, 0) is 31.7 Å². The van der Waals surface area contributed by atoms with Gasteiger partial charge in [-0.2, -0.15) is 0 Å². The molecule has 2 rings (SSSR count). The molecule has 0 aromatic heterocycles. The molecule has 0 aromatic rings. The lowest BCUT2D eigenvalue weighted by Gasteiger charge is -2.39. The molecule has 2 nitrogen and oxygen atoms in total. The van der Waals surface area contributed by atoms with Crippen LogP contribution in [0.15, 0.2) is 0 Å². The van der Waals surface area contributed by atoms with Gasteiger partial charge >= 0.3 is 0 Å². The zero-order chi connectivity index (χ0) is 11.0. The minimum atomic E-state index is 0.716. The van der Waals surface area contributed by atoms with Gasteiger partial charge in [0.2, 0.25) is 0 Å². The van der Waals surface area contributed by atoms with E-state index < -0.39 is 0 Å². The summed E-state index contributed by atoms with van der Waals surface area (Å²) >= 11 is 0. The first kappa shape index (κ1) is 13.9. The van der Waals surface area contributed by atoms with Gasteiger partial charge in [-0.15, -0.1) is 0 Å². The molecular weight excluding hydrogens is 172 g/mol. The van der Waals surface area contributed by atoms with Gasteiger partial charge in [0, 0.05) is 19.1 Å². The van der Waals surface area contributed by atoms with Gasteiger partial charge < -0.3 is 10.6 Å². The smallest absolute Gasteiger partial charge is 0.00705 e. The summed E-state index contributed by atoms with van der Waals surface area (Å²) in [5, 5.41) is 6.72. The Hall–Kier alpha value is -0.0800. The van der Waals surface area contributed by atoms with Crippen molar-refractivity contribution >= 4 is 0 Å². The Labute approximate surface area is 89.9 Å². The molecule has 2 N–H and O–H groups in total. The number of hydrogen-bond acceptors (Lipinski definition) is 2. The van der Waals surface area contributed by atoms with Crippen LogP contribution in [0.1, 0.15) is 47.0 Å². The molecule has 1 aliphatic heterocycles. The second-order valence-electron chi connectivity index (χ2n) is 3.83. The van der Waals surface area contributed by atoms with E-state index in [9.17, 15) is 0 Å². The van der Waals surface area contributed by atoms with E-state index in [0.29, 0.717) is 5.41 Å². The van der Waals surface area contributed by atoms with Crippen molar-refractivity contribution in [2.24, 2.45) is 5.41 Å². The Morgan fingerprint density at radius 1 is 1.14 bits per heavy atom. The lowest BCUT2D eigenvalue weighted by Crippen LogP contribution is -2.52. The van der Waals surface area contributed by atoms with Gasteiger partial charge in [-0.3, -0.25) is 0 Å². The Balaban J connectivity index is 0.000000379. The van der Waals surface area contributed by atoms with Crippen LogP contribution in [0, 0.1) is 5.41 Å². The summed E-state index contributed by atoms with van der Waals surface area (Å²) in [6.45, 7) is 10.5. The molecule has 1 atom stereocenters. The SMILES string of the molecule is CC.CC.CNC1CCC2(CNC2)C1. The van der Waals surface area contributed by atoms with Gasteiger partial charge in [-0.1, -0.05) is 27.7 Å². The van der Waals surface area contributed by atoms with E-state index >= 15 is 0 Å². The van der Waals surface area contributed by atoms with Crippen molar-refractivity contribution in [1.29, 1.82) is 0 Å². The highest BCUT2D eigenvalue weighted by molar-refractivity contribution is 5.00. The molecule has 2 aliphatic rings. The molecular formula is C12H28N2. The van der Waals surface area contributed by atoms with Crippen LogP contribution in [0.3, 0.4) is 0 Å². The van der Waals surface area contributed by atoms with Crippen molar-refractivity contribution in [3.05, 3.63) is 0 Å². The summed E-state index contributed by atoms with van der Waals surface area (Å²) in [4.78, 5) is 0. The molecule has 1 aliphatic carbocycles. The molecule has 1 spiro atoms. The van der Waals surface area contributed by atoms with Crippen molar-refractivity contribution < 1.29 is 0 Å². The Morgan fingerprint density at radius 2 is 1.71 bits per heavy atom. The van der Waals surface area contributed by atoms with E-state index in [0.717, 1.165) is 6.04 Å². The number of rotatable bonds is 1. The highest BCUT2D eigenvalue weighted by Crippen LogP contribution is 2.40. The average Bonchev–Trinajstić information content (AvgIpc) is 2.68. The zero-order valence-corrected chi connectivity index (χ0v) is 10.6. The van der Waals surface area contributed by atoms with Gasteiger partial charge in [0.05, 0.1) is 0 Å². The van der Waals surface area contributed by atoms with E-state index in [1.807, 2.05) is 27.7 Å². The van der Waals surface area contributed by atoms with Crippen molar-refractivity contribution in [1.82, 2.24) is 10.6 Å².